The van der Waals surface area contributed by atoms with E-state index in [9.17, 15) is 0 Å². The third kappa shape index (κ3) is 7.95. The second-order valence-corrected chi connectivity index (χ2v) is 14.9. The van der Waals surface area contributed by atoms with Crippen molar-refractivity contribution >= 4 is 123 Å². The van der Waals surface area contributed by atoms with E-state index in [1.54, 1.807) is 24.3 Å². The predicted molar refractivity (Wildman–Crippen MR) is 210 cm³/mol. The van der Waals surface area contributed by atoms with Gasteiger partial charge in [0, 0.05) is 53.8 Å². The summed E-state index contributed by atoms with van der Waals surface area (Å²) in [6, 6.07) is 45.3. The highest BCUT2D eigenvalue weighted by Gasteiger charge is 2.09. The molecule has 224 valence electrons. The quantitative estimate of drug-likeness (QED) is 0.171. The lowest BCUT2D eigenvalue weighted by Gasteiger charge is -2.01. The van der Waals surface area contributed by atoms with Crippen LogP contribution in [0.3, 0.4) is 0 Å². The fourth-order valence-electron chi connectivity index (χ4n) is 4.91. The minimum Gasteiger partial charge on any atom is -0.423 e. The highest BCUT2D eigenvalue weighted by Crippen LogP contribution is 2.38. The van der Waals surface area contributed by atoms with Crippen molar-refractivity contribution in [2.24, 2.45) is 0 Å². The van der Waals surface area contributed by atoms with Gasteiger partial charge in [-0.25, -0.2) is 0 Å². The minimum atomic E-state index is -1.34. The molecule has 0 aliphatic rings. The molecule has 8 rings (SSSR count). The Morgan fingerprint density at radius 2 is 0.800 bits per heavy atom. The third-order valence-electron chi connectivity index (χ3n) is 7.03. The van der Waals surface area contributed by atoms with E-state index >= 15 is 0 Å². The molecule has 6 aromatic carbocycles. The standard InChI is InChI=1S/C18H11BrS.C12H6Br2S.C6H7BO2.CH4/c19-14-7-9-18-16(11-14)15-10-13(6-8-17(15)20-18)12-4-2-1-3-5-12;13-7-1-3-11-9(5-7)10-6-8(14)2-4-12(10)15-11;8-7(9)6-4-2-1-3-5-6;/h1-11H;1-6H;1-5,8-9H;1H4. The lowest BCUT2D eigenvalue weighted by molar-refractivity contribution is 0.426. The first-order valence-corrected chi connectivity index (χ1v) is 17.7. The fourth-order valence-corrected chi connectivity index (χ4v) is 8.12. The van der Waals surface area contributed by atoms with E-state index in [1.807, 2.05) is 28.7 Å². The van der Waals surface area contributed by atoms with Gasteiger partial charge in [-0.2, -0.15) is 0 Å². The molecule has 0 radical (unpaired) electrons. The maximum atomic E-state index is 8.58. The Labute approximate surface area is 296 Å². The molecule has 0 aliphatic heterocycles. The third-order valence-corrected chi connectivity index (χ3v) is 10.8. The lowest BCUT2D eigenvalue weighted by atomic mass is 9.81. The van der Waals surface area contributed by atoms with Crippen LogP contribution in [-0.2, 0) is 0 Å². The number of fused-ring (bicyclic) bond motifs is 6. The molecule has 8 heteroatoms. The Bertz CT molecular complexity index is 2140. The molecule has 0 amide bonds. The molecular formula is C37H28BBr3O2S2. The van der Waals surface area contributed by atoms with Crippen molar-refractivity contribution in [2.45, 2.75) is 7.43 Å². The number of thiophene rings is 2. The SMILES string of the molecule is Brc1ccc2sc3ccc(-c4ccccc4)cc3c2c1.Brc1ccc2sc3ccc(Br)cc3c2c1.C.OB(O)c1ccccc1. The van der Waals surface area contributed by atoms with Crippen molar-refractivity contribution in [3.8, 4) is 11.1 Å². The van der Waals surface area contributed by atoms with Gasteiger partial charge in [-0.3, -0.25) is 0 Å². The number of rotatable bonds is 2. The Kier molecular flexibility index (Phi) is 11.3. The molecule has 8 aromatic rings. The predicted octanol–water partition coefficient (Wildman–Crippen LogP) is 12.1. The molecule has 0 saturated heterocycles. The van der Waals surface area contributed by atoms with Crippen LogP contribution in [0.4, 0.5) is 0 Å². The van der Waals surface area contributed by atoms with E-state index in [0.29, 0.717) is 5.46 Å². The second kappa shape index (κ2) is 15.2. The van der Waals surface area contributed by atoms with Crippen molar-refractivity contribution < 1.29 is 10.0 Å². The summed E-state index contributed by atoms with van der Waals surface area (Å²) in [6.07, 6.45) is 0. The number of halogens is 3. The van der Waals surface area contributed by atoms with E-state index in [4.69, 9.17) is 10.0 Å². The first-order chi connectivity index (χ1) is 21.4. The van der Waals surface area contributed by atoms with Gasteiger partial charge < -0.3 is 10.0 Å². The van der Waals surface area contributed by atoms with Crippen LogP contribution in [0.5, 0.6) is 0 Å². The van der Waals surface area contributed by atoms with E-state index < -0.39 is 7.12 Å². The maximum absolute atomic E-state index is 8.58. The topological polar surface area (TPSA) is 40.5 Å². The number of benzene rings is 6. The largest absolute Gasteiger partial charge is 0.488 e. The zero-order valence-electron chi connectivity index (χ0n) is 23.1. The molecule has 0 bridgehead atoms. The summed E-state index contributed by atoms with van der Waals surface area (Å²) in [6.45, 7) is 0. The zero-order chi connectivity index (χ0) is 30.6. The molecule has 0 unspecified atom stereocenters. The lowest BCUT2D eigenvalue weighted by Crippen LogP contribution is -2.29. The highest BCUT2D eigenvalue weighted by atomic mass is 79.9. The molecule has 2 aromatic heterocycles. The van der Waals surface area contributed by atoms with E-state index in [-0.39, 0.29) is 7.43 Å². The maximum Gasteiger partial charge on any atom is 0.488 e. The van der Waals surface area contributed by atoms with Crippen LogP contribution >= 0.6 is 70.5 Å². The molecule has 2 N–H and O–H groups in total. The normalized spacial score (nSPS) is 10.6. The van der Waals surface area contributed by atoms with Crippen molar-refractivity contribution in [2.75, 3.05) is 0 Å². The summed E-state index contributed by atoms with van der Waals surface area (Å²) in [4.78, 5) is 0. The fraction of sp³-hybridized carbons (Fsp3) is 0.0270. The Hall–Kier alpha value is -2.82. The monoisotopic (exact) mass is 816 g/mol. The molecule has 0 saturated carbocycles. The average molecular weight is 819 g/mol. The molecule has 45 heavy (non-hydrogen) atoms. The summed E-state index contributed by atoms with van der Waals surface area (Å²) >= 11 is 14.3. The van der Waals surface area contributed by atoms with Crippen molar-refractivity contribution in [3.05, 3.63) is 147 Å². The summed E-state index contributed by atoms with van der Waals surface area (Å²) < 4.78 is 8.77. The summed E-state index contributed by atoms with van der Waals surface area (Å²) in [5.41, 5.74) is 3.07. The highest BCUT2D eigenvalue weighted by molar-refractivity contribution is 9.11. The Morgan fingerprint density at radius 1 is 0.422 bits per heavy atom. The molecule has 2 heterocycles. The van der Waals surface area contributed by atoms with Crippen LogP contribution in [0.1, 0.15) is 7.43 Å². The minimum absolute atomic E-state index is 0. The van der Waals surface area contributed by atoms with Crippen LogP contribution in [0, 0.1) is 0 Å². The van der Waals surface area contributed by atoms with Gasteiger partial charge in [-0.15, -0.1) is 22.7 Å². The van der Waals surface area contributed by atoms with Crippen molar-refractivity contribution in [3.63, 3.8) is 0 Å². The van der Waals surface area contributed by atoms with Crippen LogP contribution in [0.25, 0.3) is 51.5 Å². The van der Waals surface area contributed by atoms with Gasteiger partial charge >= 0.3 is 7.12 Å². The van der Waals surface area contributed by atoms with Gasteiger partial charge in [0.15, 0.2) is 0 Å². The van der Waals surface area contributed by atoms with Crippen molar-refractivity contribution in [1.29, 1.82) is 0 Å². The average Bonchev–Trinajstić information content (AvgIpc) is 3.59. The van der Waals surface area contributed by atoms with E-state index in [2.05, 4.69) is 151 Å². The van der Waals surface area contributed by atoms with E-state index in [0.717, 1.165) is 13.4 Å². The van der Waals surface area contributed by atoms with Gasteiger partial charge in [0.25, 0.3) is 0 Å². The molecule has 0 aliphatic carbocycles. The van der Waals surface area contributed by atoms with E-state index in [1.165, 1.54) is 51.5 Å². The van der Waals surface area contributed by atoms with Gasteiger partial charge in [-0.05, 0) is 83.3 Å². The second-order valence-electron chi connectivity index (χ2n) is 9.99. The van der Waals surface area contributed by atoms with Gasteiger partial charge in [0.05, 0.1) is 0 Å². The summed E-state index contributed by atoms with van der Waals surface area (Å²) in [5, 5.41) is 22.5. The van der Waals surface area contributed by atoms with Gasteiger partial charge in [-0.1, -0.05) is 122 Å². The first kappa shape index (κ1) is 33.5. The number of hydrogen-bond donors (Lipinski definition) is 2. The molecule has 0 spiro atoms. The Balaban J connectivity index is 0.000000142. The zero-order valence-corrected chi connectivity index (χ0v) is 29.5. The summed E-state index contributed by atoms with van der Waals surface area (Å²) in [5.74, 6) is 0. The van der Waals surface area contributed by atoms with Crippen LogP contribution in [0.15, 0.2) is 147 Å². The molecule has 0 fully saturated rings. The van der Waals surface area contributed by atoms with Crippen LogP contribution < -0.4 is 5.46 Å². The number of hydrogen-bond acceptors (Lipinski definition) is 4. The first-order valence-electron chi connectivity index (χ1n) is 13.7. The molecular weight excluding hydrogens is 791 g/mol. The molecule has 2 nitrogen and oxygen atoms in total. The smallest absolute Gasteiger partial charge is 0.423 e. The molecule has 0 atom stereocenters. The van der Waals surface area contributed by atoms with Crippen LogP contribution in [-0.4, -0.2) is 17.2 Å². The van der Waals surface area contributed by atoms with Gasteiger partial charge in [0.1, 0.15) is 0 Å². The Morgan fingerprint density at radius 3 is 1.20 bits per heavy atom. The van der Waals surface area contributed by atoms with Gasteiger partial charge in [0.2, 0.25) is 0 Å². The van der Waals surface area contributed by atoms with Crippen LogP contribution in [0.2, 0.25) is 0 Å². The summed E-state index contributed by atoms with van der Waals surface area (Å²) in [7, 11) is -1.34. The van der Waals surface area contributed by atoms with Crippen molar-refractivity contribution in [1.82, 2.24) is 0 Å².